The number of H-pyrrole nitrogens is 1. The molecule has 1 saturated carbocycles. The third kappa shape index (κ3) is 3.38. The minimum absolute atomic E-state index is 0.181. The van der Waals surface area contributed by atoms with Crippen molar-refractivity contribution >= 4 is 5.91 Å². The summed E-state index contributed by atoms with van der Waals surface area (Å²) in [5.74, 6) is 0.488. The van der Waals surface area contributed by atoms with Crippen molar-refractivity contribution in [2.75, 3.05) is 0 Å². The number of aryl methyl sites for hydroxylation is 1. The number of aromatic amines is 1. The number of rotatable bonds is 5. The van der Waals surface area contributed by atoms with E-state index in [0.29, 0.717) is 24.0 Å². The van der Waals surface area contributed by atoms with Crippen LogP contribution in [0.3, 0.4) is 0 Å². The number of carbonyl (C=O) groups excluding carboxylic acids is 1. The Hall–Kier alpha value is -2.95. The van der Waals surface area contributed by atoms with E-state index in [1.807, 2.05) is 31.2 Å². The van der Waals surface area contributed by atoms with Crippen molar-refractivity contribution in [2.45, 2.75) is 32.2 Å². The zero-order chi connectivity index (χ0) is 18.1. The van der Waals surface area contributed by atoms with Crippen LogP contribution in [-0.2, 0) is 6.54 Å². The van der Waals surface area contributed by atoms with Crippen LogP contribution in [0.25, 0.3) is 11.4 Å². The van der Waals surface area contributed by atoms with Crippen LogP contribution in [0, 0.1) is 12.7 Å². The predicted molar refractivity (Wildman–Crippen MR) is 98.3 cm³/mol. The van der Waals surface area contributed by atoms with Crippen LogP contribution in [0.1, 0.15) is 46.1 Å². The molecule has 1 aliphatic carbocycles. The van der Waals surface area contributed by atoms with E-state index in [-0.39, 0.29) is 11.7 Å². The molecule has 0 unspecified atom stereocenters. The number of amides is 1. The topological polar surface area (TPSA) is 57.8 Å². The second-order valence-electron chi connectivity index (χ2n) is 6.74. The Labute approximate surface area is 151 Å². The molecular weight excluding hydrogens is 329 g/mol. The lowest BCUT2D eigenvalue weighted by Crippen LogP contribution is -2.24. The van der Waals surface area contributed by atoms with Gasteiger partial charge in [-0.2, -0.15) is 0 Å². The van der Waals surface area contributed by atoms with Gasteiger partial charge in [-0.15, -0.1) is 0 Å². The average Bonchev–Trinajstić information content (AvgIpc) is 3.40. The van der Waals surface area contributed by atoms with Crippen LogP contribution in [0.4, 0.5) is 4.39 Å². The van der Waals surface area contributed by atoms with Crippen molar-refractivity contribution in [2.24, 2.45) is 0 Å². The summed E-state index contributed by atoms with van der Waals surface area (Å²) in [6.45, 7) is 2.49. The summed E-state index contributed by atoms with van der Waals surface area (Å²) >= 11 is 0. The lowest BCUT2D eigenvalue weighted by Gasteiger charge is -2.07. The van der Waals surface area contributed by atoms with Crippen molar-refractivity contribution in [3.63, 3.8) is 0 Å². The highest BCUT2D eigenvalue weighted by Crippen LogP contribution is 2.41. The van der Waals surface area contributed by atoms with Crippen LogP contribution in [-0.4, -0.2) is 15.9 Å². The van der Waals surface area contributed by atoms with Crippen LogP contribution in [0.2, 0.25) is 0 Å². The van der Waals surface area contributed by atoms with Gasteiger partial charge in [-0.1, -0.05) is 24.3 Å². The zero-order valence-electron chi connectivity index (χ0n) is 14.6. The van der Waals surface area contributed by atoms with Crippen LogP contribution in [0.5, 0.6) is 0 Å². The van der Waals surface area contributed by atoms with Crippen molar-refractivity contribution in [1.82, 2.24) is 15.3 Å². The Morgan fingerprint density at radius 3 is 2.62 bits per heavy atom. The number of nitrogens with zero attached hydrogens (tertiary/aromatic N) is 1. The van der Waals surface area contributed by atoms with E-state index >= 15 is 0 Å². The number of imidazole rings is 1. The van der Waals surface area contributed by atoms with E-state index in [0.717, 1.165) is 35.2 Å². The SMILES string of the molecule is Cc1ccccc1CNC(=O)c1nc(-c2ccc(F)cc2)[nH]c1C1CC1. The molecule has 26 heavy (non-hydrogen) atoms. The minimum atomic E-state index is -0.293. The first-order valence-corrected chi connectivity index (χ1v) is 8.80. The van der Waals surface area contributed by atoms with Gasteiger partial charge in [-0.3, -0.25) is 4.79 Å². The first-order chi connectivity index (χ1) is 12.6. The third-order valence-corrected chi connectivity index (χ3v) is 4.75. The van der Waals surface area contributed by atoms with E-state index in [1.165, 1.54) is 12.1 Å². The van der Waals surface area contributed by atoms with Gasteiger partial charge in [0.05, 0.1) is 5.69 Å². The highest BCUT2D eigenvalue weighted by atomic mass is 19.1. The Morgan fingerprint density at radius 2 is 1.92 bits per heavy atom. The second-order valence-corrected chi connectivity index (χ2v) is 6.74. The molecular formula is C21H20FN3O. The molecule has 0 saturated heterocycles. The molecule has 3 aromatic rings. The Balaban J connectivity index is 1.57. The molecule has 1 heterocycles. The van der Waals surface area contributed by atoms with Crippen LogP contribution >= 0.6 is 0 Å². The maximum Gasteiger partial charge on any atom is 0.272 e. The monoisotopic (exact) mass is 349 g/mol. The standard InChI is InChI=1S/C21H20FN3O/c1-13-4-2-3-5-16(13)12-23-21(26)19-18(14-6-7-14)24-20(25-19)15-8-10-17(22)11-9-15/h2-5,8-11,14H,6-7,12H2,1H3,(H,23,26)(H,24,25). The number of aromatic nitrogens is 2. The largest absolute Gasteiger partial charge is 0.347 e. The van der Waals surface area contributed by atoms with E-state index in [9.17, 15) is 9.18 Å². The molecule has 0 bridgehead atoms. The first kappa shape index (κ1) is 16.5. The Morgan fingerprint density at radius 1 is 1.19 bits per heavy atom. The molecule has 132 valence electrons. The maximum atomic E-state index is 13.2. The fourth-order valence-electron chi connectivity index (χ4n) is 3.04. The van der Waals surface area contributed by atoms with Gasteiger partial charge in [-0.05, 0) is 55.2 Å². The maximum absolute atomic E-state index is 13.2. The van der Waals surface area contributed by atoms with Crippen LogP contribution < -0.4 is 5.32 Å². The molecule has 4 nitrogen and oxygen atoms in total. The first-order valence-electron chi connectivity index (χ1n) is 8.80. The zero-order valence-corrected chi connectivity index (χ0v) is 14.6. The van der Waals surface area contributed by atoms with Gasteiger partial charge in [0.15, 0.2) is 0 Å². The highest BCUT2D eigenvalue weighted by molar-refractivity contribution is 5.94. The van der Waals surface area contributed by atoms with Gasteiger partial charge in [0.1, 0.15) is 17.3 Å². The summed E-state index contributed by atoms with van der Waals surface area (Å²) in [5.41, 5.74) is 4.32. The average molecular weight is 349 g/mol. The molecule has 1 aromatic heterocycles. The summed E-state index contributed by atoms with van der Waals surface area (Å²) in [6, 6.07) is 14.1. The fraction of sp³-hybridized carbons (Fsp3) is 0.238. The minimum Gasteiger partial charge on any atom is -0.347 e. The molecule has 2 aromatic carbocycles. The number of benzene rings is 2. The van der Waals surface area contributed by atoms with Crippen molar-refractivity contribution in [3.8, 4) is 11.4 Å². The second kappa shape index (κ2) is 6.75. The summed E-state index contributed by atoms with van der Waals surface area (Å²) in [7, 11) is 0. The summed E-state index contributed by atoms with van der Waals surface area (Å²) in [5, 5.41) is 2.97. The van der Waals surface area contributed by atoms with Gasteiger partial charge in [0.2, 0.25) is 0 Å². The van der Waals surface area contributed by atoms with Crippen molar-refractivity contribution < 1.29 is 9.18 Å². The number of halogens is 1. The van der Waals surface area contributed by atoms with Gasteiger partial charge >= 0.3 is 0 Å². The van der Waals surface area contributed by atoms with Gasteiger partial charge < -0.3 is 10.3 Å². The van der Waals surface area contributed by atoms with Gasteiger partial charge in [-0.25, -0.2) is 9.37 Å². The molecule has 0 aliphatic heterocycles. The smallest absolute Gasteiger partial charge is 0.272 e. The molecule has 1 aliphatic rings. The lowest BCUT2D eigenvalue weighted by molar-refractivity contribution is 0.0945. The number of carbonyl (C=O) groups is 1. The Bertz CT molecular complexity index is 942. The molecule has 1 fully saturated rings. The van der Waals surface area contributed by atoms with E-state index in [1.54, 1.807) is 12.1 Å². The van der Waals surface area contributed by atoms with E-state index < -0.39 is 0 Å². The summed E-state index contributed by atoms with van der Waals surface area (Å²) in [4.78, 5) is 20.5. The Kier molecular flexibility index (Phi) is 4.29. The molecule has 2 N–H and O–H groups in total. The number of hydrogen-bond acceptors (Lipinski definition) is 2. The molecule has 0 spiro atoms. The van der Waals surface area contributed by atoms with Gasteiger partial charge in [0.25, 0.3) is 5.91 Å². The van der Waals surface area contributed by atoms with Crippen molar-refractivity contribution in [1.29, 1.82) is 0 Å². The fourth-order valence-corrected chi connectivity index (χ4v) is 3.04. The van der Waals surface area contributed by atoms with Crippen molar-refractivity contribution in [3.05, 3.63) is 76.9 Å². The van der Waals surface area contributed by atoms with Gasteiger partial charge in [0, 0.05) is 18.0 Å². The molecule has 5 heteroatoms. The summed E-state index contributed by atoms with van der Waals surface area (Å²) in [6.07, 6.45) is 2.12. The quantitative estimate of drug-likeness (QED) is 0.720. The molecule has 0 radical (unpaired) electrons. The number of nitrogens with one attached hydrogen (secondary N) is 2. The molecule has 1 amide bonds. The number of hydrogen-bond donors (Lipinski definition) is 2. The molecule has 4 rings (SSSR count). The van der Waals surface area contributed by atoms with E-state index in [2.05, 4.69) is 15.3 Å². The molecule has 0 atom stereocenters. The highest BCUT2D eigenvalue weighted by Gasteiger charge is 2.31. The normalized spacial score (nSPS) is 13.6. The summed E-state index contributed by atoms with van der Waals surface area (Å²) < 4.78 is 13.2. The predicted octanol–water partition coefficient (Wildman–Crippen LogP) is 4.33. The third-order valence-electron chi connectivity index (χ3n) is 4.75. The van der Waals surface area contributed by atoms with Crippen LogP contribution in [0.15, 0.2) is 48.5 Å². The van der Waals surface area contributed by atoms with E-state index in [4.69, 9.17) is 0 Å². The lowest BCUT2D eigenvalue weighted by atomic mass is 10.1.